The van der Waals surface area contributed by atoms with Gasteiger partial charge in [0.2, 0.25) is 5.91 Å². The van der Waals surface area contributed by atoms with Crippen LogP contribution in [0, 0.1) is 11.3 Å². The molecule has 2 heterocycles. The molecule has 0 aromatic heterocycles. The van der Waals surface area contributed by atoms with E-state index in [1.807, 2.05) is 46.4 Å². The maximum atomic E-state index is 12.3. The topological polar surface area (TPSA) is 49.9 Å². The summed E-state index contributed by atoms with van der Waals surface area (Å²) in [5, 5.41) is 0. The molecule has 0 aliphatic carbocycles. The van der Waals surface area contributed by atoms with Gasteiger partial charge in [-0.05, 0) is 20.8 Å². The van der Waals surface area contributed by atoms with E-state index in [4.69, 9.17) is 4.74 Å². The lowest BCUT2D eigenvalue weighted by atomic mass is 9.93. The predicted octanol–water partition coefficient (Wildman–Crippen LogP) is 2.11. The summed E-state index contributed by atoms with van der Waals surface area (Å²) >= 11 is 0. The van der Waals surface area contributed by atoms with E-state index < -0.39 is 5.60 Å². The Labute approximate surface area is 121 Å². The molecule has 114 valence electrons. The number of rotatable bonds is 0. The van der Waals surface area contributed by atoms with Crippen LogP contribution < -0.4 is 0 Å². The summed E-state index contributed by atoms with van der Waals surface area (Å²) in [6.07, 6.45) is -0.260. The van der Waals surface area contributed by atoms with E-state index in [0.29, 0.717) is 19.0 Å². The van der Waals surface area contributed by atoms with Gasteiger partial charge in [-0.25, -0.2) is 4.79 Å². The van der Waals surface area contributed by atoms with Gasteiger partial charge in [0.1, 0.15) is 5.60 Å². The highest BCUT2D eigenvalue weighted by Gasteiger charge is 2.51. The van der Waals surface area contributed by atoms with Crippen LogP contribution in [0.15, 0.2) is 0 Å². The van der Waals surface area contributed by atoms with Crippen molar-refractivity contribution in [3.05, 3.63) is 0 Å². The van der Waals surface area contributed by atoms with E-state index in [2.05, 4.69) is 0 Å². The lowest BCUT2D eigenvalue weighted by Crippen LogP contribution is -2.59. The van der Waals surface area contributed by atoms with Crippen LogP contribution in [0.3, 0.4) is 0 Å². The molecule has 2 aliphatic rings. The number of hydrogen-bond donors (Lipinski definition) is 0. The molecule has 2 amide bonds. The van der Waals surface area contributed by atoms with Gasteiger partial charge < -0.3 is 14.5 Å². The molecule has 2 saturated heterocycles. The van der Waals surface area contributed by atoms with Gasteiger partial charge >= 0.3 is 6.09 Å². The molecule has 20 heavy (non-hydrogen) atoms. The average molecular weight is 282 g/mol. The highest BCUT2D eigenvalue weighted by Crippen LogP contribution is 2.35. The first-order valence-corrected chi connectivity index (χ1v) is 7.28. The third-order valence-corrected chi connectivity index (χ3v) is 3.79. The summed E-state index contributed by atoms with van der Waals surface area (Å²) < 4.78 is 5.40. The van der Waals surface area contributed by atoms with Crippen LogP contribution in [0.25, 0.3) is 0 Å². The average Bonchev–Trinajstić information content (AvgIpc) is 2.51. The summed E-state index contributed by atoms with van der Waals surface area (Å²) in [7, 11) is 0. The van der Waals surface area contributed by atoms with Crippen molar-refractivity contribution >= 4 is 12.0 Å². The lowest BCUT2D eigenvalue weighted by Gasteiger charge is -2.43. The second-order valence-corrected chi connectivity index (χ2v) is 7.92. The van der Waals surface area contributed by atoms with E-state index in [-0.39, 0.29) is 23.5 Å². The van der Waals surface area contributed by atoms with E-state index in [1.165, 1.54) is 0 Å². The molecule has 0 spiro atoms. The van der Waals surface area contributed by atoms with Crippen LogP contribution >= 0.6 is 0 Å². The number of ether oxygens (including phenoxy) is 1. The lowest BCUT2D eigenvalue weighted by molar-refractivity contribution is -0.138. The number of carbonyl (C=O) groups excluding carboxylic acids is 2. The maximum Gasteiger partial charge on any atom is 0.410 e. The predicted molar refractivity (Wildman–Crippen MR) is 76.3 cm³/mol. The Morgan fingerprint density at radius 2 is 1.60 bits per heavy atom. The van der Waals surface area contributed by atoms with Gasteiger partial charge in [0.25, 0.3) is 0 Å². The van der Waals surface area contributed by atoms with Crippen molar-refractivity contribution in [3.8, 4) is 0 Å². The number of fused-ring (bicyclic) bond motifs is 1. The molecule has 2 aliphatic heterocycles. The largest absolute Gasteiger partial charge is 0.444 e. The van der Waals surface area contributed by atoms with Gasteiger partial charge in [-0.15, -0.1) is 0 Å². The number of hydrogen-bond acceptors (Lipinski definition) is 3. The summed E-state index contributed by atoms with van der Waals surface area (Å²) in [4.78, 5) is 28.0. The Bertz CT molecular complexity index is 420. The highest BCUT2D eigenvalue weighted by atomic mass is 16.6. The Morgan fingerprint density at radius 1 is 1.00 bits per heavy atom. The standard InChI is InChI=1S/C15H26N2O3/c1-14(2,3)12(18)16-7-10-8-17(11(10)9-16)13(19)20-15(4,5)6/h10-11H,7-9H2,1-6H3. The minimum atomic E-state index is -0.471. The number of carbonyl (C=O) groups is 2. The smallest absolute Gasteiger partial charge is 0.410 e. The number of amides is 2. The third kappa shape index (κ3) is 2.91. The Hall–Kier alpha value is -1.26. The van der Waals surface area contributed by atoms with Crippen LogP contribution in [-0.4, -0.2) is 53.1 Å². The second-order valence-electron chi connectivity index (χ2n) is 7.92. The van der Waals surface area contributed by atoms with Crippen molar-refractivity contribution in [1.29, 1.82) is 0 Å². The minimum Gasteiger partial charge on any atom is -0.444 e. The van der Waals surface area contributed by atoms with Gasteiger partial charge in [-0.2, -0.15) is 0 Å². The van der Waals surface area contributed by atoms with E-state index in [9.17, 15) is 9.59 Å². The van der Waals surface area contributed by atoms with Gasteiger partial charge in [0, 0.05) is 31.0 Å². The van der Waals surface area contributed by atoms with Crippen molar-refractivity contribution in [2.45, 2.75) is 53.2 Å². The Balaban J connectivity index is 1.94. The van der Waals surface area contributed by atoms with Gasteiger partial charge in [-0.3, -0.25) is 4.79 Å². The Kier molecular flexibility index (Phi) is 3.51. The number of likely N-dealkylation sites (tertiary alicyclic amines) is 2. The quantitative estimate of drug-likeness (QED) is 0.684. The first kappa shape index (κ1) is 15.1. The molecule has 5 heteroatoms. The molecule has 0 aromatic carbocycles. The summed E-state index contributed by atoms with van der Waals surface area (Å²) in [6.45, 7) is 13.5. The summed E-state index contributed by atoms with van der Waals surface area (Å²) in [6, 6.07) is 0.135. The third-order valence-electron chi connectivity index (χ3n) is 3.79. The highest BCUT2D eigenvalue weighted by molar-refractivity contribution is 5.82. The first-order valence-electron chi connectivity index (χ1n) is 7.28. The molecule has 2 rings (SSSR count). The first-order chi connectivity index (χ1) is 8.99. The fraction of sp³-hybridized carbons (Fsp3) is 0.867. The molecular formula is C15H26N2O3. The van der Waals surface area contributed by atoms with Crippen LogP contribution in [0.5, 0.6) is 0 Å². The van der Waals surface area contributed by atoms with Crippen molar-refractivity contribution in [2.24, 2.45) is 11.3 Å². The molecule has 0 radical (unpaired) electrons. The fourth-order valence-electron chi connectivity index (χ4n) is 2.81. The summed E-state index contributed by atoms with van der Waals surface area (Å²) in [5.41, 5.74) is -0.831. The van der Waals surface area contributed by atoms with Crippen LogP contribution in [0.1, 0.15) is 41.5 Å². The van der Waals surface area contributed by atoms with E-state index >= 15 is 0 Å². The molecule has 5 nitrogen and oxygen atoms in total. The van der Waals surface area contributed by atoms with Crippen molar-refractivity contribution < 1.29 is 14.3 Å². The van der Waals surface area contributed by atoms with Crippen LogP contribution in [0.4, 0.5) is 4.79 Å². The zero-order chi connectivity index (χ0) is 15.3. The molecule has 2 fully saturated rings. The zero-order valence-corrected chi connectivity index (χ0v) is 13.4. The van der Waals surface area contributed by atoms with Crippen LogP contribution in [0.2, 0.25) is 0 Å². The van der Waals surface area contributed by atoms with E-state index in [1.54, 1.807) is 4.90 Å². The van der Waals surface area contributed by atoms with Crippen LogP contribution in [-0.2, 0) is 9.53 Å². The monoisotopic (exact) mass is 282 g/mol. The fourth-order valence-corrected chi connectivity index (χ4v) is 2.81. The second kappa shape index (κ2) is 4.64. The molecule has 0 bridgehead atoms. The molecule has 2 unspecified atom stereocenters. The maximum absolute atomic E-state index is 12.3. The van der Waals surface area contributed by atoms with Crippen molar-refractivity contribution in [2.75, 3.05) is 19.6 Å². The minimum absolute atomic E-state index is 0.135. The molecule has 2 atom stereocenters. The molecule has 0 saturated carbocycles. The number of nitrogens with zero attached hydrogens (tertiary/aromatic N) is 2. The van der Waals surface area contributed by atoms with Crippen molar-refractivity contribution in [1.82, 2.24) is 9.80 Å². The van der Waals surface area contributed by atoms with Gasteiger partial charge in [-0.1, -0.05) is 20.8 Å². The van der Waals surface area contributed by atoms with Crippen molar-refractivity contribution in [3.63, 3.8) is 0 Å². The SMILES string of the molecule is CC(C)(C)OC(=O)N1CC2CN(C(=O)C(C)(C)C)CC21. The molecule has 0 aromatic rings. The molecule has 0 N–H and O–H groups in total. The summed E-state index contributed by atoms with van der Waals surface area (Å²) in [5.74, 6) is 0.574. The van der Waals surface area contributed by atoms with E-state index in [0.717, 1.165) is 6.54 Å². The van der Waals surface area contributed by atoms with Gasteiger partial charge in [0.05, 0.1) is 6.04 Å². The molecular weight excluding hydrogens is 256 g/mol. The normalized spacial score (nSPS) is 26.1. The van der Waals surface area contributed by atoms with Gasteiger partial charge in [0.15, 0.2) is 0 Å². The zero-order valence-electron chi connectivity index (χ0n) is 13.4. The Morgan fingerprint density at radius 3 is 2.10 bits per heavy atom.